The highest BCUT2D eigenvalue weighted by Crippen LogP contribution is 2.38. The molecule has 1 N–H and O–H groups in total. The summed E-state index contributed by atoms with van der Waals surface area (Å²) in [6.45, 7) is 1.94. The largest absolute Gasteiger partial charge is 0.384 e. The summed E-state index contributed by atoms with van der Waals surface area (Å²) in [5.74, 6) is 0. The highest BCUT2D eigenvalue weighted by Gasteiger charge is 2.18. The lowest BCUT2D eigenvalue weighted by molar-refractivity contribution is 0.219. The van der Waals surface area contributed by atoms with Gasteiger partial charge in [-0.15, -0.1) is 11.3 Å². The number of hydrogen-bond acceptors (Lipinski definition) is 2. The topological polar surface area (TPSA) is 20.2 Å². The Morgan fingerprint density at radius 3 is 2.47 bits per heavy atom. The van der Waals surface area contributed by atoms with E-state index in [4.69, 9.17) is 11.6 Å². The maximum atomic E-state index is 10.4. The molecule has 0 aliphatic heterocycles. The molecule has 1 nitrogen and oxygen atoms in total. The monoisotopic (exact) mass is 394 g/mol. The molecule has 17 heavy (non-hydrogen) atoms. The summed E-state index contributed by atoms with van der Waals surface area (Å²) in [5, 5.41) is 11.1. The third kappa shape index (κ3) is 2.93. The summed E-state index contributed by atoms with van der Waals surface area (Å²) in [7, 11) is 0. The van der Waals surface area contributed by atoms with E-state index >= 15 is 0 Å². The molecule has 2 rings (SSSR count). The van der Waals surface area contributed by atoms with Crippen LogP contribution in [0.3, 0.4) is 0 Å². The van der Waals surface area contributed by atoms with E-state index < -0.39 is 6.10 Å². The van der Waals surface area contributed by atoms with Crippen LogP contribution in [0.1, 0.15) is 22.8 Å². The van der Waals surface area contributed by atoms with Gasteiger partial charge in [0.15, 0.2) is 0 Å². The fourth-order valence-corrected chi connectivity index (χ4v) is 4.76. The molecule has 0 aliphatic carbocycles. The van der Waals surface area contributed by atoms with Crippen LogP contribution in [0, 0.1) is 6.92 Å². The van der Waals surface area contributed by atoms with E-state index in [2.05, 4.69) is 31.9 Å². The number of aliphatic hydroxyl groups excluding tert-OH is 1. The van der Waals surface area contributed by atoms with Gasteiger partial charge in [-0.25, -0.2) is 0 Å². The number of hydrogen-bond donors (Lipinski definition) is 1. The third-order valence-corrected chi connectivity index (χ3v) is 5.12. The zero-order valence-corrected chi connectivity index (χ0v) is 13.6. The van der Waals surface area contributed by atoms with Crippen LogP contribution >= 0.6 is 54.8 Å². The van der Waals surface area contributed by atoms with Gasteiger partial charge in [-0.05, 0) is 68.1 Å². The predicted molar refractivity (Wildman–Crippen MR) is 80.0 cm³/mol. The summed E-state index contributed by atoms with van der Waals surface area (Å²) in [4.78, 5) is 0. The van der Waals surface area contributed by atoms with E-state index in [-0.39, 0.29) is 0 Å². The van der Waals surface area contributed by atoms with E-state index in [1.807, 2.05) is 25.1 Å². The first-order valence-electron chi connectivity index (χ1n) is 4.88. The molecule has 2 aromatic rings. The Morgan fingerprint density at radius 1 is 1.24 bits per heavy atom. The molecule has 0 fully saturated rings. The fourth-order valence-electron chi connectivity index (χ4n) is 1.65. The molecular weight excluding hydrogens is 387 g/mol. The Hall–Kier alpha value is 0.130. The lowest BCUT2D eigenvalue weighted by atomic mass is 10.00. The van der Waals surface area contributed by atoms with Crippen molar-refractivity contribution in [1.29, 1.82) is 0 Å². The van der Waals surface area contributed by atoms with Crippen LogP contribution in [-0.2, 0) is 0 Å². The van der Waals surface area contributed by atoms with Gasteiger partial charge in [0.2, 0.25) is 0 Å². The molecule has 90 valence electrons. The van der Waals surface area contributed by atoms with Crippen molar-refractivity contribution in [2.45, 2.75) is 13.0 Å². The van der Waals surface area contributed by atoms with Crippen LogP contribution < -0.4 is 0 Å². The molecule has 1 unspecified atom stereocenters. The number of halogens is 3. The van der Waals surface area contributed by atoms with Gasteiger partial charge in [-0.3, -0.25) is 0 Å². The number of thiophene rings is 1. The molecule has 0 spiro atoms. The first-order valence-corrected chi connectivity index (χ1v) is 7.66. The predicted octanol–water partition coefficient (Wildman–Crippen LogP) is 5.32. The Morgan fingerprint density at radius 2 is 1.94 bits per heavy atom. The Labute approximate surface area is 126 Å². The van der Waals surface area contributed by atoms with Crippen LogP contribution in [0.4, 0.5) is 0 Å². The normalized spacial score (nSPS) is 12.8. The molecule has 0 bridgehead atoms. The molecule has 0 radical (unpaired) electrons. The summed E-state index contributed by atoms with van der Waals surface area (Å²) < 4.78 is 1.93. The van der Waals surface area contributed by atoms with Crippen molar-refractivity contribution in [3.8, 4) is 0 Å². The summed E-state index contributed by atoms with van der Waals surface area (Å²) >= 11 is 14.3. The van der Waals surface area contributed by atoms with Crippen LogP contribution in [0.25, 0.3) is 0 Å². The summed E-state index contributed by atoms with van der Waals surface area (Å²) in [6.07, 6.45) is -0.635. The van der Waals surface area contributed by atoms with Gasteiger partial charge >= 0.3 is 0 Å². The minimum atomic E-state index is -0.635. The Balaban J connectivity index is 2.43. The minimum Gasteiger partial charge on any atom is -0.384 e. The van der Waals surface area contributed by atoms with Crippen molar-refractivity contribution in [3.05, 3.63) is 53.6 Å². The van der Waals surface area contributed by atoms with E-state index in [0.717, 1.165) is 24.3 Å². The fraction of sp³-hybridized carbons (Fsp3) is 0.167. The summed E-state index contributed by atoms with van der Waals surface area (Å²) in [6, 6.07) is 7.44. The standard InChI is InChI=1S/C12H9Br2ClOS/c1-6-4-7(15)2-3-8(6)11(16)9-5-10(13)17-12(9)14/h2-5,11,16H,1H3. The number of benzene rings is 1. The molecule has 1 heterocycles. The molecule has 0 saturated carbocycles. The molecule has 0 aliphatic rings. The second-order valence-electron chi connectivity index (χ2n) is 3.68. The summed E-state index contributed by atoms with van der Waals surface area (Å²) in [5.41, 5.74) is 2.73. The smallest absolute Gasteiger partial charge is 0.106 e. The van der Waals surface area contributed by atoms with Crippen LogP contribution in [-0.4, -0.2) is 5.11 Å². The lowest BCUT2D eigenvalue weighted by Gasteiger charge is -2.13. The maximum Gasteiger partial charge on any atom is 0.106 e. The van der Waals surface area contributed by atoms with E-state index in [1.165, 1.54) is 0 Å². The van der Waals surface area contributed by atoms with Crippen LogP contribution in [0.15, 0.2) is 31.8 Å². The van der Waals surface area contributed by atoms with Crippen LogP contribution in [0.2, 0.25) is 5.02 Å². The third-order valence-electron chi connectivity index (χ3n) is 2.50. The number of aliphatic hydroxyl groups is 1. The highest BCUT2D eigenvalue weighted by atomic mass is 79.9. The first-order chi connectivity index (χ1) is 7.99. The molecule has 1 atom stereocenters. The average Bonchev–Trinajstić information content (AvgIpc) is 2.57. The highest BCUT2D eigenvalue weighted by molar-refractivity contribution is 9.12. The second-order valence-corrected chi connectivity index (χ2v) is 7.87. The van der Waals surface area contributed by atoms with Crippen molar-refractivity contribution in [1.82, 2.24) is 0 Å². The maximum absolute atomic E-state index is 10.4. The van der Waals surface area contributed by atoms with E-state index in [9.17, 15) is 5.11 Å². The Kier molecular flexibility index (Phi) is 4.31. The van der Waals surface area contributed by atoms with Gasteiger partial charge < -0.3 is 5.11 Å². The number of aryl methyl sites for hydroxylation is 1. The zero-order valence-electron chi connectivity index (χ0n) is 8.88. The van der Waals surface area contributed by atoms with E-state index in [0.29, 0.717) is 5.02 Å². The van der Waals surface area contributed by atoms with Gasteiger partial charge in [-0.1, -0.05) is 17.7 Å². The quantitative estimate of drug-likeness (QED) is 0.729. The lowest BCUT2D eigenvalue weighted by Crippen LogP contribution is -2.01. The Bertz CT molecular complexity index is 553. The van der Waals surface area contributed by atoms with Crippen LogP contribution in [0.5, 0.6) is 0 Å². The SMILES string of the molecule is Cc1cc(Cl)ccc1C(O)c1cc(Br)sc1Br. The van der Waals surface area contributed by atoms with Crippen molar-refractivity contribution in [3.63, 3.8) is 0 Å². The van der Waals surface area contributed by atoms with Crippen molar-refractivity contribution < 1.29 is 5.11 Å². The zero-order chi connectivity index (χ0) is 12.6. The van der Waals surface area contributed by atoms with Gasteiger partial charge in [0.25, 0.3) is 0 Å². The van der Waals surface area contributed by atoms with Gasteiger partial charge in [0.05, 0.1) is 7.57 Å². The minimum absolute atomic E-state index is 0.635. The number of rotatable bonds is 2. The van der Waals surface area contributed by atoms with Crippen molar-refractivity contribution in [2.24, 2.45) is 0 Å². The molecular formula is C12H9Br2ClOS. The van der Waals surface area contributed by atoms with E-state index in [1.54, 1.807) is 17.4 Å². The van der Waals surface area contributed by atoms with Gasteiger partial charge in [0, 0.05) is 10.6 Å². The van der Waals surface area contributed by atoms with Crippen molar-refractivity contribution in [2.75, 3.05) is 0 Å². The molecule has 0 saturated heterocycles. The molecule has 1 aromatic carbocycles. The van der Waals surface area contributed by atoms with Gasteiger partial charge in [-0.2, -0.15) is 0 Å². The first kappa shape index (κ1) is 13.6. The van der Waals surface area contributed by atoms with Crippen molar-refractivity contribution >= 4 is 54.8 Å². The van der Waals surface area contributed by atoms with Gasteiger partial charge in [0.1, 0.15) is 6.10 Å². The average molecular weight is 397 g/mol. The molecule has 1 aromatic heterocycles. The molecule has 0 amide bonds. The second kappa shape index (κ2) is 5.41. The molecule has 5 heteroatoms.